The third-order valence-corrected chi connectivity index (χ3v) is 4.59. The Labute approximate surface area is 181 Å². The van der Waals surface area contributed by atoms with Crippen molar-refractivity contribution in [2.24, 2.45) is 0 Å². The van der Waals surface area contributed by atoms with Crippen molar-refractivity contribution in [1.29, 1.82) is 5.26 Å². The van der Waals surface area contributed by atoms with Gasteiger partial charge in [-0.15, -0.1) is 0 Å². The Hall–Kier alpha value is -5.02. The minimum absolute atomic E-state index is 0.216. The summed E-state index contributed by atoms with van der Waals surface area (Å²) in [6.07, 6.45) is 3.24. The minimum atomic E-state index is 0.216. The van der Waals surface area contributed by atoms with E-state index in [1.54, 1.807) is 37.5 Å². The fourth-order valence-electron chi connectivity index (χ4n) is 3.08. The zero-order chi connectivity index (χ0) is 22.1. The maximum Gasteiger partial charge on any atom is 0.266 e. The van der Waals surface area contributed by atoms with Gasteiger partial charge < -0.3 is 4.42 Å². The average Bonchev–Trinajstić information content (AvgIpc) is 3.28. The van der Waals surface area contributed by atoms with Gasteiger partial charge in [0.15, 0.2) is 22.9 Å². The molecular weight excluding hydrogens is 404 g/mol. The number of aromatic nitrogens is 6. The molecule has 0 spiro atoms. The molecule has 3 heterocycles. The molecule has 0 bridgehead atoms. The molecule has 0 saturated heterocycles. The normalized spacial score (nSPS) is 10.6. The predicted molar refractivity (Wildman–Crippen MR) is 115 cm³/mol. The summed E-state index contributed by atoms with van der Waals surface area (Å²) < 4.78 is 5.85. The molecule has 0 radical (unpaired) electrons. The number of hydrogen-bond acceptors (Lipinski definition) is 8. The molecule has 9 heteroatoms. The van der Waals surface area contributed by atoms with Gasteiger partial charge in [0.05, 0.1) is 18.2 Å². The molecule has 3 aromatic heterocycles. The van der Waals surface area contributed by atoms with Crippen LogP contribution in [0.3, 0.4) is 0 Å². The first-order valence-corrected chi connectivity index (χ1v) is 9.47. The molecule has 0 aliphatic carbocycles. The summed E-state index contributed by atoms with van der Waals surface area (Å²) in [5.41, 5.74) is 3.00. The lowest BCUT2D eigenvalue weighted by Crippen LogP contribution is -2.01. The van der Waals surface area contributed by atoms with Gasteiger partial charge in [-0.2, -0.15) is 5.26 Å². The van der Waals surface area contributed by atoms with Crippen LogP contribution in [-0.2, 0) is 0 Å². The molecule has 150 valence electrons. The van der Waals surface area contributed by atoms with Crippen molar-refractivity contribution in [2.75, 3.05) is 0 Å². The van der Waals surface area contributed by atoms with E-state index in [-0.39, 0.29) is 17.5 Å². The van der Waals surface area contributed by atoms with Gasteiger partial charge in [-0.25, -0.2) is 34.7 Å². The molecule has 5 aromatic rings. The lowest BCUT2D eigenvalue weighted by atomic mass is 10.1. The maximum atomic E-state index is 9.35. The molecule has 0 aliphatic heterocycles. The van der Waals surface area contributed by atoms with Gasteiger partial charge in [-0.05, 0) is 37.3 Å². The zero-order valence-electron chi connectivity index (χ0n) is 16.7. The first-order chi connectivity index (χ1) is 15.6. The van der Waals surface area contributed by atoms with Gasteiger partial charge in [0.25, 0.3) is 5.89 Å². The highest BCUT2D eigenvalue weighted by Crippen LogP contribution is 2.28. The number of hydrogen-bond donors (Lipinski definition) is 0. The molecule has 5 rings (SSSR count). The van der Waals surface area contributed by atoms with Gasteiger partial charge in [0.1, 0.15) is 11.3 Å². The van der Waals surface area contributed by atoms with E-state index in [0.717, 1.165) is 0 Å². The van der Waals surface area contributed by atoms with E-state index >= 15 is 0 Å². The van der Waals surface area contributed by atoms with Crippen LogP contribution in [0.2, 0.25) is 0 Å². The molecule has 0 atom stereocenters. The molecule has 0 aliphatic rings. The predicted octanol–water partition coefficient (Wildman–Crippen LogP) is 4.53. The first kappa shape index (κ1) is 19.0. The third-order valence-electron chi connectivity index (χ3n) is 4.59. The fourth-order valence-corrected chi connectivity index (χ4v) is 3.08. The summed E-state index contributed by atoms with van der Waals surface area (Å²) in [7, 11) is 0. The first-order valence-electron chi connectivity index (χ1n) is 9.47. The van der Waals surface area contributed by atoms with E-state index in [4.69, 9.17) is 11.0 Å². The summed E-state index contributed by atoms with van der Waals surface area (Å²) in [6, 6.07) is 14.2. The highest BCUT2D eigenvalue weighted by Gasteiger charge is 2.17. The third kappa shape index (κ3) is 3.51. The Balaban J connectivity index is 1.74. The van der Waals surface area contributed by atoms with Crippen molar-refractivity contribution in [3.05, 3.63) is 77.7 Å². The van der Waals surface area contributed by atoms with Gasteiger partial charge in [-0.1, -0.05) is 12.1 Å². The second-order valence-corrected chi connectivity index (χ2v) is 6.80. The largest absolute Gasteiger partial charge is 0.434 e. The van der Waals surface area contributed by atoms with Gasteiger partial charge in [0, 0.05) is 23.5 Å². The number of fused-ring (bicyclic) bond motifs is 1. The van der Waals surface area contributed by atoms with Gasteiger partial charge in [-0.3, -0.25) is 0 Å². The van der Waals surface area contributed by atoms with Crippen LogP contribution in [0, 0.1) is 24.8 Å². The molecule has 0 saturated carbocycles. The lowest BCUT2D eigenvalue weighted by molar-refractivity contribution is 0.612. The number of nitriles is 1. The van der Waals surface area contributed by atoms with E-state index in [2.05, 4.69) is 40.8 Å². The Morgan fingerprint density at radius 1 is 0.906 bits per heavy atom. The van der Waals surface area contributed by atoms with Crippen molar-refractivity contribution in [3.8, 4) is 40.6 Å². The van der Waals surface area contributed by atoms with Crippen molar-refractivity contribution >= 4 is 16.8 Å². The zero-order valence-corrected chi connectivity index (χ0v) is 16.7. The Bertz CT molecular complexity index is 1490. The highest BCUT2D eigenvalue weighted by molar-refractivity contribution is 5.75. The summed E-state index contributed by atoms with van der Waals surface area (Å²) in [5, 5.41) is 9.35. The maximum absolute atomic E-state index is 9.35. The summed E-state index contributed by atoms with van der Waals surface area (Å²) in [6.45, 7) is 9.11. The number of para-hydroxylation sites is 2. The summed E-state index contributed by atoms with van der Waals surface area (Å²) in [5.74, 6) is 1.65. The van der Waals surface area contributed by atoms with Crippen LogP contribution < -0.4 is 0 Å². The molecule has 0 amide bonds. The molecule has 0 N–H and O–H groups in total. The van der Waals surface area contributed by atoms with Crippen LogP contribution in [0.25, 0.3) is 50.4 Å². The van der Waals surface area contributed by atoms with E-state index in [1.165, 1.54) is 6.07 Å². The van der Waals surface area contributed by atoms with E-state index < -0.39 is 0 Å². The number of oxazole rings is 1. The second kappa shape index (κ2) is 7.67. The SMILES string of the molecule is [C-]#[N+]c1cc(C#N)cc(-c2nc(-c3cnc(C)nc3)nc(-c3nc4ccccc4o3)n2)c1. The van der Waals surface area contributed by atoms with Crippen LogP contribution in [0.4, 0.5) is 5.69 Å². The standard InChI is InChI=1S/C23H12N8O/c1-13-26-11-16(12-27-13)21-29-20(15-7-14(10-24)8-17(9-15)25-2)30-22(31-21)23-28-18-5-3-4-6-19(18)32-23/h3-9,11-12H,1H3. The van der Waals surface area contributed by atoms with Crippen molar-refractivity contribution in [1.82, 2.24) is 29.9 Å². The smallest absolute Gasteiger partial charge is 0.266 e. The van der Waals surface area contributed by atoms with Gasteiger partial charge in [0.2, 0.25) is 5.82 Å². The van der Waals surface area contributed by atoms with E-state index in [9.17, 15) is 5.26 Å². The van der Waals surface area contributed by atoms with Crippen LogP contribution in [0.1, 0.15) is 11.4 Å². The highest BCUT2D eigenvalue weighted by atomic mass is 16.3. The molecule has 0 fully saturated rings. The van der Waals surface area contributed by atoms with Crippen LogP contribution in [0.5, 0.6) is 0 Å². The average molecular weight is 416 g/mol. The lowest BCUT2D eigenvalue weighted by Gasteiger charge is -2.07. The van der Waals surface area contributed by atoms with Crippen molar-refractivity contribution < 1.29 is 4.42 Å². The quantitative estimate of drug-likeness (QED) is 0.393. The van der Waals surface area contributed by atoms with Crippen LogP contribution >= 0.6 is 0 Å². The Morgan fingerprint density at radius 3 is 2.34 bits per heavy atom. The second-order valence-electron chi connectivity index (χ2n) is 6.80. The van der Waals surface area contributed by atoms with E-state index in [0.29, 0.717) is 45.1 Å². The summed E-state index contributed by atoms with van der Waals surface area (Å²) >= 11 is 0. The topological polar surface area (TPSA) is 119 Å². The molecule has 9 nitrogen and oxygen atoms in total. The van der Waals surface area contributed by atoms with Crippen molar-refractivity contribution in [3.63, 3.8) is 0 Å². The molecule has 0 unspecified atom stereocenters. The number of aryl methyl sites for hydroxylation is 1. The summed E-state index contributed by atoms with van der Waals surface area (Å²) in [4.78, 5) is 30.0. The minimum Gasteiger partial charge on any atom is -0.434 e. The van der Waals surface area contributed by atoms with Crippen LogP contribution in [-0.4, -0.2) is 29.9 Å². The molecule has 32 heavy (non-hydrogen) atoms. The van der Waals surface area contributed by atoms with Crippen LogP contribution in [0.15, 0.2) is 59.3 Å². The molecular formula is C23H12N8O. The Kier molecular flexibility index (Phi) is 4.55. The van der Waals surface area contributed by atoms with Gasteiger partial charge >= 0.3 is 0 Å². The number of rotatable bonds is 3. The monoisotopic (exact) mass is 416 g/mol. The molecule has 2 aromatic carbocycles. The van der Waals surface area contributed by atoms with E-state index in [1.807, 2.05) is 18.2 Å². The van der Waals surface area contributed by atoms with Crippen molar-refractivity contribution in [2.45, 2.75) is 6.92 Å². The number of nitrogens with zero attached hydrogens (tertiary/aromatic N) is 8. The Morgan fingerprint density at radius 2 is 1.62 bits per heavy atom. The fraction of sp³-hybridized carbons (Fsp3) is 0.0435. The number of benzene rings is 2.